The van der Waals surface area contributed by atoms with E-state index in [0.29, 0.717) is 31.8 Å². The predicted octanol–water partition coefficient (Wildman–Crippen LogP) is 0.262. The second kappa shape index (κ2) is 4.98. The average molecular weight is 240 g/mol. The number of carbonyl (C=O) groups is 1. The van der Waals surface area contributed by atoms with E-state index in [2.05, 4.69) is 0 Å². The smallest absolute Gasteiger partial charge is 0.222 e. The van der Waals surface area contributed by atoms with Crippen LogP contribution in [0, 0.1) is 0 Å². The van der Waals surface area contributed by atoms with Gasteiger partial charge in [-0.2, -0.15) is 0 Å². The van der Waals surface area contributed by atoms with Gasteiger partial charge in [-0.15, -0.1) is 11.6 Å². The molecular weight excluding hydrogens is 226 g/mol. The van der Waals surface area contributed by atoms with Gasteiger partial charge < -0.3 is 4.90 Å². The Morgan fingerprint density at radius 1 is 1.29 bits per heavy atom. The summed E-state index contributed by atoms with van der Waals surface area (Å²) in [5.41, 5.74) is 0. The first kappa shape index (κ1) is 11.8. The highest BCUT2D eigenvalue weighted by atomic mass is 35.5. The van der Waals surface area contributed by atoms with Crippen LogP contribution in [0.2, 0.25) is 0 Å². The fourth-order valence-corrected chi connectivity index (χ4v) is 2.67. The SMILES string of the molecule is O=C(CCCCl)N1CCS(=O)(=O)CC1. The Kier molecular flexibility index (Phi) is 4.19. The van der Waals surface area contributed by atoms with Crippen LogP contribution < -0.4 is 0 Å². The van der Waals surface area contributed by atoms with E-state index in [1.54, 1.807) is 4.90 Å². The molecule has 1 amide bonds. The first-order valence-electron chi connectivity index (χ1n) is 4.59. The highest BCUT2D eigenvalue weighted by Crippen LogP contribution is 2.06. The summed E-state index contributed by atoms with van der Waals surface area (Å²) in [5, 5.41) is 0. The summed E-state index contributed by atoms with van der Waals surface area (Å²) in [6.07, 6.45) is 1.08. The van der Waals surface area contributed by atoms with Crippen molar-refractivity contribution >= 4 is 27.3 Å². The fraction of sp³-hybridized carbons (Fsp3) is 0.875. The van der Waals surface area contributed by atoms with Crippen LogP contribution in [0.15, 0.2) is 0 Å². The molecule has 1 fully saturated rings. The van der Waals surface area contributed by atoms with Crippen LogP contribution in [0.5, 0.6) is 0 Å². The van der Waals surface area contributed by atoms with Gasteiger partial charge in [-0.05, 0) is 6.42 Å². The zero-order chi connectivity index (χ0) is 10.6. The van der Waals surface area contributed by atoms with Crippen LogP contribution in [0.1, 0.15) is 12.8 Å². The first-order valence-corrected chi connectivity index (χ1v) is 6.95. The van der Waals surface area contributed by atoms with Gasteiger partial charge in [0.25, 0.3) is 0 Å². The van der Waals surface area contributed by atoms with E-state index < -0.39 is 9.84 Å². The molecule has 1 aliphatic rings. The average Bonchev–Trinajstić information content (AvgIpc) is 2.14. The molecule has 0 atom stereocenters. The van der Waals surface area contributed by atoms with Crippen LogP contribution in [-0.4, -0.2) is 49.7 Å². The molecule has 4 nitrogen and oxygen atoms in total. The molecule has 0 radical (unpaired) electrons. The van der Waals surface area contributed by atoms with Crippen molar-refractivity contribution < 1.29 is 13.2 Å². The number of rotatable bonds is 3. The summed E-state index contributed by atoms with van der Waals surface area (Å²) in [5.74, 6) is 0.678. The Morgan fingerprint density at radius 2 is 1.86 bits per heavy atom. The van der Waals surface area contributed by atoms with Gasteiger partial charge >= 0.3 is 0 Å². The van der Waals surface area contributed by atoms with Crippen LogP contribution in [0.3, 0.4) is 0 Å². The minimum absolute atomic E-state index is 0.0144. The number of carbonyl (C=O) groups excluding carboxylic acids is 1. The normalized spacial score (nSPS) is 20.8. The van der Waals surface area contributed by atoms with Crippen molar-refractivity contribution in [1.82, 2.24) is 4.90 Å². The van der Waals surface area contributed by atoms with Gasteiger partial charge in [0.05, 0.1) is 11.5 Å². The van der Waals surface area contributed by atoms with Gasteiger partial charge in [0.2, 0.25) is 5.91 Å². The van der Waals surface area contributed by atoms with E-state index in [1.165, 1.54) is 0 Å². The lowest BCUT2D eigenvalue weighted by atomic mass is 10.3. The Bertz CT molecular complexity index is 288. The minimum atomic E-state index is -2.89. The molecule has 1 aliphatic heterocycles. The van der Waals surface area contributed by atoms with Crippen molar-refractivity contribution in [1.29, 1.82) is 0 Å². The predicted molar refractivity (Wildman–Crippen MR) is 55.2 cm³/mol. The van der Waals surface area contributed by atoms with Crippen LogP contribution in [0.4, 0.5) is 0 Å². The van der Waals surface area contributed by atoms with Gasteiger partial charge in [-0.1, -0.05) is 0 Å². The van der Waals surface area contributed by atoms with Crippen LogP contribution >= 0.6 is 11.6 Å². The molecule has 14 heavy (non-hydrogen) atoms. The Labute approximate surface area is 89.1 Å². The Morgan fingerprint density at radius 3 is 2.36 bits per heavy atom. The van der Waals surface area contributed by atoms with E-state index in [4.69, 9.17) is 11.6 Å². The summed E-state index contributed by atoms with van der Waals surface area (Å²) in [6, 6.07) is 0. The number of hydrogen-bond acceptors (Lipinski definition) is 3. The van der Waals surface area contributed by atoms with Crippen molar-refractivity contribution in [2.45, 2.75) is 12.8 Å². The zero-order valence-corrected chi connectivity index (χ0v) is 9.48. The van der Waals surface area contributed by atoms with Gasteiger partial charge in [0.15, 0.2) is 9.84 Å². The van der Waals surface area contributed by atoms with Gasteiger partial charge in [-0.3, -0.25) is 4.79 Å². The third-order valence-corrected chi connectivity index (χ3v) is 4.10. The number of sulfone groups is 1. The zero-order valence-electron chi connectivity index (χ0n) is 7.91. The molecular formula is C8H14ClNO3S. The van der Waals surface area contributed by atoms with Crippen LogP contribution in [-0.2, 0) is 14.6 Å². The molecule has 0 unspecified atom stereocenters. The molecule has 1 rings (SSSR count). The van der Waals surface area contributed by atoms with E-state index >= 15 is 0 Å². The fourth-order valence-electron chi connectivity index (χ4n) is 1.34. The molecule has 0 N–H and O–H groups in total. The monoisotopic (exact) mass is 239 g/mol. The maximum atomic E-state index is 11.4. The molecule has 0 bridgehead atoms. The maximum Gasteiger partial charge on any atom is 0.222 e. The molecule has 6 heteroatoms. The summed E-state index contributed by atoms with van der Waals surface area (Å²) in [4.78, 5) is 13.0. The van der Waals surface area contributed by atoms with E-state index in [9.17, 15) is 13.2 Å². The first-order chi connectivity index (χ1) is 6.55. The van der Waals surface area contributed by atoms with Crippen molar-refractivity contribution in [3.05, 3.63) is 0 Å². The van der Waals surface area contributed by atoms with E-state index in [1.807, 2.05) is 0 Å². The topological polar surface area (TPSA) is 54.5 Å². The van der Waals surface area contributed by atoms with Gasteiger partial charge in [0, 0.05) is 25.4 Å². The second-order valence-electron chi connectivity index (χ2n) is 3.33. The summed E-state index contributed by atoms with van der Waals surface area (Å²) in [7, 11) is -2.89. The summed E-state index contributed by atoms with van der Waals surface area (Å²) in [6.45, 7) is 0.674. The molecule has 1 saturated heterocycles. The number of hydrogen-bond donors (Lipinski definition) is 0. The lowest BCUT2D eigenvalue weighted by Crippen LogP contribution is -2.43. The minimum Gasteiger partial charge on any atom is -0.341 e. The third-order valence-electron chi connectivity index (χ3n) is 2.22. The van der Waals surface area contributed by atoms with Crippen molar-refractivity contribution in [2.24, 2.45) is 0 Å². The van der Waals surface area contributed by atoms with Gasteiger partial charge in [-0.25, -0.2) is 8.42 Å². The standard InChI is InChI=1S/C8H14ClNO3S/c9-3-1-2-8(11)10-4-6-14(12,13)7-5-10/h1-7H2. The Hall–Kier alpha value is -0.290. The lowest BCUT2D eigenvalue weighted by molar-refractivity contribution is -0.130. The van der Waals surface area contributed by atoms with E-state index in [-0.39, 0.29) is 17.4 Å². The van der Waals surface area contributed by atoms with Gasteiger partial charge in [0.1, 0.15) is 0 Å². The van der Waals surface area contributed by atoms with Crippen LogP contribution in [0.25, 0.3) is 0 Å². The van der Waals surface area contributed by atoms with Crippen molar-refractivity contribution in [3.63, 3.8) is 0 Å². The second-order valence-corrected chi connectivity index (χ2v) is 6.01. The Balaban J connectivity index is 2.38. The highest BCUT2D eigenvalue weighted by molar-refractivity contribution is 7.91. The summed E-state index contributed by atoms with van der Waals surface area (Å²) >= 11 is 5.46. The molecule has 0 aromatic rings. The maximum absolute atomic E-state index is 11.4. The van der Waals surface area contributed by atoms with Crippen molar-refractivity contribution in [2.75, 3.05) is 30.5 Å². The molecule has 0 aromatic carbocycles. The van der Waals surface area contributed by atoms with E-state index in [0.717, 1.165) is 0 Å². The summed E-state index contributed by atoms with van der Waals surface area (Å²) < 4.78 is 22.1. The molecule has 0 saturated carbocycles. The molecule has 0 aliphatic carbocycles. The number of alkyl halides is 1. The molecule has 0 aromatic heterocycles. The van der Waals surface area contributed by atoms with Crippen molar-refractivity contribution in [3.8, 4) is 0 Å². The highest BCUT2D eigenvalue weighted by Gasteiger charge is 2.24. The number of amides is 1. The molecule has 82 valence electrons. The lowest BCUT2D eigenvalue weighted by Gasteiger charge is -2.26. The number of nitrogens with zero attached hydrogens (tertiary/aromatic N) is 1. The molecule has 0 spiro atoms. The third kappa shape index (κ3) is 3.46. The number of halogens is 1. The quantitative estimate of drug-likeness (QED) is 0.664. The molecule has 1 heterocycles. The largest absolute Gasteiger partial charge is 0.341 e.